The van der Waals surface area contributed by atoms with Crippen LogP contribution in [-0.2, 0) is 6.42 Å². The Morgan fingerprint density at radius 3 is 0.976 bits per heavy atom. The van der Waals surface area contributed by atoms with Gasteiger partial charge in [-0.25, -0.2) is 43.9 Å². The minimum atomic E-state index is -3.54. The van der Waals surface area contributed by atoms with Crippen LogP contribution in [0.15, 0.2) is 36.4 Å². The summed E-state index contributed by atoms with van der Waals surface area (Å²) in [6.45, 7) is 5.77. The molecule has 214 valence electrons. The summed E-state index contributed by atoms with van der Waals surface area (Å²) in [6.07, 6.45) is 0.417. The minimum absolute atomic E-state index is 0.356. The molecule has 1 aliphatic rings. The molecule has 0 bridgehead atoms. The van der Waals surface area contributed by atoms with Crippen LogP contribution in [0.2, 0.25) is 26.2 Å². The summed E-state index contributed by atoms with van der Waals surface area (Å²) >= 11 is 0. The standard InChI is InChI=1S/C29H20F10Si2/c1-40(2,28-24(36)20(32)18(30)21(33)25(28)37)14-7-5-12-9-13-6-8-15(11-17(13)16(12)10-14)41(3,4)29-26(38)22(34)19(31)23(35)27(29)39/h5-8,10-11H,9H2,1-4H3. The average molecular weight is 615 g/mol. The van der Waals surface area contributed by atoms with Crippen molar-refractivity contribution in [3.8, 4) is 11.1 Å². The van der Waals surface area contributed by atoms with Crippen molar-refractivity contribution < 1.29 is 43.9 Å². The molecule has 0 heterocycles. The Labute approximate surface area is 230 Å². The zero-order valence-corrected chi connectivity index (χ0v) is 24.0. The second-order valence-electron chi connectivity index (χ2n) is 11.1. The van der Waals surface area contributed by atoms with Crippen LogP contribution in [-0.4, -0.2) is 16.1 Å². The highest BCUT2D eigenvalue weighted by Gasteiger charge is 2.40. The van der Waals surface area contributed by atoms with E-state index in [2.05, 4.69) is 0 Å². The number of halogens is 10. The largest absolute Gasteiger partial charge is 0.204 e. The first kappa shape index (κ1) is 29.1. The minimum Gasteiger partial charge on any atom is -0.204 e. The van der Waals surface area contributed by atoms with Crippen molar-refractivity contribution in [1.29, 1.82) is 0 Å². The Hall–Kier alpha value is -3.39. The van der Waals surface area contributed by atoms with Gasteiger partial charge in [-0.15, -0.1) is 0 Å². The van der Waals surface area contributed by atoms with Gasteiger partial charge in [0.25, 0.3) is 0 Å². The molecular formula is C29H20F10Si2. The smallest absolute Gasteiger partial charge is 0.200 e. The van der Waals surface area contributed by atoms with Crippen molar-refractivity contribution in [2.45, 2.75) is 32.6 Å². The highest BCUT2D eigenvalue weighted by molar-refractivity contribution is 7.01. The van der Waals surface area contributed by atoms with Crippen LogP contribution in [0.25, 0.3) is 11.1 Å². The second-order valence-corrected chi connectivity index (χ2v) is 19.7. The highest BCUT2D eigenvalue weighted by atomic mass is 28.3. The Balaban J connectivity index is 1.65. The van der Waals surface area contributed by atoms with Crippen LogP contribution in [0.3, 0.4) is 0 Å². The summed E-state index contributed by atoms with van der Waals surface area (Å²) in [5.74, 6) is -20.2. The summed E-state index contributed by atoms with van der Waals surface area (Å²) in [6, 6.07) is 9.70. The number of hydrogen-bond donors (Lipinski definition) is 0. The molecule has 4 aromatic carbocycles. The van der Waals surface area contributed by atoms with E-state index in [1.165, 1.54) is 26.2 Å². The van der Waals surface area contributed by atoms with E-state index in [0.29, 0.717) is 27.9 Å². The van der Waals surface area contributed by atoms with Crippen LogP contribution < -0.4 is 20.7 Å². The molecule has 1 aliphatic carbocycles. The molecular weight excluding hydrogens is 594 g/mol. The van der Waals surface area contributed by atoms with E-state index < -0.39 is 84.7 Å². The summed E-state index contributed by atoms with van der Waals surface area (Å²) in [5.41, 5.74) is 2.70. The molecule has 0 spiro atoms. The normalized spacial score (nSPS) is 13.0. The first-order chi connectivity index (χ1) is 19.0. The maximum absolute atomic E-state index is 14.8. The Morgan fingerprint density at radius 2 is 0.683 bits per heavy atom. The van der Waals surface area contributed by atoms with Crippen molar-refractivity contribution in [2.75, 3.05) is 0 Å². The van der Waals surface area contributed by atoms with Gasteiger partial charge in [0.2, 0.25) is 11.6 Å². The Bertz CT molecular complexity index is 1590. The molecule has 0 fully saturated rings. The Morgan fingerprint density at radius 1 is 0.415 bits per heavy atom. The monoisotopic (exact) mass is 614 g/mol. The fraction of sp³-hybridized carbons (Fsp3) is 0.172. The van der Waals surface area contributed by atoms with Gasteiger partial charge in [-0.05, 0) is 28.7 Å². The third kappa shape index (κ3) is 4.17. The average Bonchev–Trinajstić information content (AvgIpc) is 3.30. The lowest BCUT2D eigenvalue weighted by Gasteiger charge is -2.27. The number of hydrogen-bond acceptors (Lipinski definition) is 0. The van der Waals surface area contributed by atoms with Crippen LogP contribution in [0.5, 0.6) is 0 Å². The van der Waals surface area contributed by atoms with Gasteiger partial charge in [-0.3, -0.25) is 0 Å². The van der Waals surface area contributed by atoms with Gasteiger partial charge >= 0.3 is 0 Å². The molecule has 0 amide bonds. The summed E-state index contributed by atoms with van der Waals surface area (Å²) in [4.78, 5) is 0. The topological polar surface area (TPSA) is 0 Å². The molecule has 41 heavy (non-hydrogen) atoms. The lowest BCUT2D eigenvalue weighted by Crippen LogP contribution is -2.56. The predicted molar refractivity (Wildman–Crippen MR) is 141 cm³/mol. The number of fused-ring (bicyclic) bond motifs is 3. The van der Waals surface area contributed by atoms with Crippen LogP contribution in [0.4, 0.5) is 43.9 Å². The zero-order chi connectivity index (χ0) is 30.3. The summed E-state index contributed by atoms with van der Waals surface area (Å²) < 4.78 is 143. The first-order valence-corrected chi connectivity index (χ1v) is 18.3. The molecule has 12 heteroatoms. The first-order valence-electron chi connectivity index (χ1n) is 12.3. The van der Waals surface area contributed by atoms with Crippen LogP contribution in [0.1, 0.15) is 11.1 Å². The summed E-state index contributed by atoms with van der Waals surface area (Å²) in [5, 5.41) is -1.04. The molecule has 5 rings (SSSR count). The van der Waals surface area contributed by atoms with E-state index in [0.717, 1.165) is 11.1 Å². The van der Waals surface area contributed by atoms with E-state index in [4.69, 9.17) is 0 Å². The van der Waals surface area contributed by atoms with Gasteiger partial charge in [-0.1, -0.05) is 73.0 Å². The predicted octanol–water partition coefficient (Wildman–Crippen LogP) is 6.29. The molecule has 0 nitrogen and oxygen atoms in total. The molecule has 0 saturated heterocycles. The van der Waals surface area contributed by atoms with Gasteiger partial charge in [0.05, 0.1) is 0 Å². The van der Waals surface area contributed by atoms with Crippen LogP contribution in [0, 0.1) is 58.2 Å². The highest BCUT2D eigenvalue weighted by Crippen LogP contribution is 2.36. The van der Waals surface area contributed by atoms with Gasteiger partial charge in [0.1, 0.15) is 16.1 Å². The molecule has 0 N–H and O–H groups in total. The number of rotatable bonds is 4. The maximum atomic E-state index is 14.8. The molecule has 0 unspecified atom stereocenters. The van der Waals surface area contributed by atoms with E-state index in [1.54, 1.807) is 36.4 Å². The third-order valence-corrected chi connectivity index (χ3v) is 14.9. The van der Waals surface area contributed by atoms with Crippen molar-refractivity contribution in [3.05, 3.63) is 106 Å². The quantitative estimate of drug-likeness (QED) is 0.0966. The second kappa shape index (κ2) is 9.58. The Kier molecular flexibility index (Phi) is 6.81. The van der Waals surface area contributed by atoms with E-state index in [9.17, 15) is 43.9 Å². The maximum Gasteiger partial charge on any atom is 0.200 e. The van der Waals surface area contributed by atoms with Crippen LogP contribution >= 0.6 is 0 Å². The SMILES string of the molecule is C[Si](C)(c1ccc2c(c1)-c1cc([Si](C)(C)c3c(F)c(F)c(F)c(F)c3F)ccc1C2)c1c(F)c(F)c(F)c(F)c1F. The molecule has 0 saturated carbocycles. The van der Waals surface area contributed by atoms with Crippen molar-refractivity contribution in [2.24, 2.45) is 0 Å². The third-order valence-electron chi connectivity index (χ3n) is 8.00. The van der Waals surface area contributed by atoms with E-state index >= 15 is 0 Å². The fourth-order valence-electron chi connectivity index (χ4n) is 5.54. The van der Waals surface area contributed by atoms with Gasteiger partial charge in [0.15, 0.2) is 46.5 Å². The molecule has 0 aliphatic heterocycles. The lowest BCUT2D eigenvalue weighted by atomic mass is 10.1. The fourth-order valence-corrected chi connectivity index (χ4v) is 10.8. The van der Waals surface area contributed by atoms with Gasteiger partial charge in [-0.2, -0.15) is 0 Å². The van der Waals surface area contributed by atoms with Gasteiger partial charge < -0.3 is 0 Å². The van der Waals surface area contributed by atoms with E-state index in [-0.39, 0.29) is 0 Å². The zero-order valence-electron chi connectivity index (χ0n) is 22.0. The molecule has 0 atom stereocenters. The van der Waals surface area contributed by atoms with E-state index in [1.807, 2.05) is 0 Å². The molecule has 0 aromatic heterocycles. The summed E-state index contributed by atoms with van der Waals surface area (Å²) in [7, 11) is -7.07. The molecule has 0 radical (unpaired) electrons. The van der Waals surface area contributed by atoms with Crippen molar-refractivity contribution >= 4 is 36.9 Å². The number of benzene rings is 4. The van der Waals surface area contributed by atoms with Crippen molar-refractivity contribution in [3.63, 3.8) is 0 Å². The van der Waals surface area contributed by atoms with Crippen molar-refractivity contribution in [1.82, 2.24) is 0 Å². The molecule has 4 aromatic rings. The van der Waals surface area contributed by atoms with Gasteiger partial charge in [0, 0.05) is 10.4 Å². The lowest BCUT2D eigenvalue weighted by molar-refractivity contribution is 0.383.